The number of amides is 2. The number of hydrogen-bond donors (Lipinski definition) is 2. The molecule has 0 aromatic carbocycles. The Labute approximate surface area is 117 Å². The van der Waals surface area contributed by atoms with E-state index in [1.807, 2.05) is 13.8 Å². The molecule has 1 aromatic rings. The lowest BCUT2D eigenvalue weighted by Crippen LogP contribution is -2.46. The summed E-state index contributed by atoms with van der Waals surface area (Å²) >= 11 is 5.97. The predicted molar refractivity (Wildman–Crippen MR) is 74.2 cm³/mol. The molecule has 1 rings (SSSR count). The van der Waals surface area contributed by atoms with E-state index in [1.54, 1.807) is 19.9 Å². The number of pyridine rings is 1. The number of nitrogens with zero attached hydrogens (tertiary/aromatic N) is 1. The quantitative estimate of drug-likeness (QED) is 0.883. The molecule has 19 heavy (non-hydrogen) atoms. The SMILES string of the molecule is Cc1cc(Cl)c(C(=O)NC(C)C(=O)NC(C)C)cn1. The molecule has 1 atom stereocenters. The fourth-order valence-electron chi connectivity index (χ4n) is 1.44. The molecule has 0 radical (unpaired) electrons. The first-order valence-electron chi connectivity index (χ1n) is 6.04. The lowest BCUT2D eigenvalue weighted by atomic mass is 10.2. The van der Waals surface area contributed by atoms with Crippen molar-refractivity contribution in [2.75, 3.05) is 0 Å². The molecule has 0 aliphatic heterocycles. The zero-order valence-electron chi connectivity index (χ0n) is 11.5. The van der Waals surface area contributed by atoms with Gasteiger partial charge in [-0.2, -0.15) is 0 Å². The minimum atomic E-state index is -0.632. The zero-order valence-corrected chi connectivity index (χ0v) is 12.2. The highest BCUT2D eigenvalue weighted by molar-refractivity contribution is 6.33. The molecule has 1 heterocycles. The van der Waals surface area contributed by atoms with Gasteiger partial charge in [-0.1, -0.05) is 11.6 Å². The van der Waals surface area contributed by atoms with Gasteiger partial charge in [0.25, 0.3) is 5.91 Å². The van der Waals surface area contributed by atoms with Gasteiger partial charge in [0, 0.05) is 17.9 Å². The van der Waals surface area contributed by atoms with Crippen molar-refractivity contribution in [1.82, 2.24) is 15.6 Å². The van der Waals surface area contributed by atoms with Gasteiger partial charge >= 0.3 is 0 Å². The van der Waals surface area contributed by atoms with Gasteiger partial charge in [-0.15, -0.1) is 0 Å². The second-order valence-corrected chi connectivity index (χ2v) is 5.07. The Kier molecular flexibility index (Phi) is 5.30. The average Bonchev–Trinajstić information content (AvgIpc) is 2.27. The minimum absolute atomic E-state index is 0.0245. The lowest BCUT2D eigenvalue weighted by molar-refractivity contribution is -0.123. The van der Waals surface area contributed by atoms with Gasteiger partial charge < -0.3 is 10.6 Å². The van der Waals surface area contributed by atoms with E-state index in [-0.39, 0.29) is 17.5 Å². The highest BCUT2D eigenvalue weighted by atomic mass is 35.5. The minimum Gasteiger partial charge on any atom is -0.352 e. The number of nitrogens with one attached hydrogen (secondary N) is 2. The van der Waals surface area contributed by atoms with Crippen molar-refractivity contribution < 1.29 is 9.59 Å². The van der Waals surface area contributed by atoms with Crippen LogP contribution in [0, 0.1) is 6.92 Å². The van der Waals surface area contributed by atoms with Gasteiger partial charge in [0.2, 0.25) is 5.91 Å². The van der Waals surface area contributed by atoms with Crippen molar-refractivity contribution in [3.63, 3.8) is 0 Å². The van der Waals surface area contributed by atoms with Crippen molar-refractivity contribution in [3.05, 3.63) is 28.5 Å². The van der Waals surface area contributed by atoms with Crippen molar-refractivity contribution in [2.45, 2.75) is 39.8 Å². The summed E-state index contributed by atoms with van der Waals surface area (Å²) in [6.45, 7) is 7.11. The van der Waals surface area contributed by atoms with Crippen LogP contribution >= 0.6 is 11.6 Å². The fraction of sp³-hybridized carbons (Fsp3) is 0.462. The zero-order chi connectivity index (χ0) is 14.6. The normalized spacial score (nSPS) is 12.1. The second kappa shape index (κ2) is 6.52. The summed E-state index contributed by atoms with van der Waals surface area (Å²) in [5.41, 5.74) is 0.989. The van der Waals surface area contributed by atoms with Crippen LogP contribution in [0.2, 0.25) is 5.02 Å². The van der Waals surface area contributed by atoms with Gasteiger partial charge in [-0.05, 0) is 33.8 Å². The second-order valence-electron chi connectivity index (χ2n) is 4.66. The van der Waals surface area contributed by atoms with Gasteiger partial charge in [0.1, 0.15) is 6.04 Å². The van der Waals surface area contributed by atoms with Crippen LogP contribution in [0.4, 0.5) is 0 Å². The van der Waals surface area contributed by atoms with Crippen molar-refractivity contribution in [1.29, 1.82) is 0 Å². The molecular formula is C13H18ClN3O2. The Balaban J connectivity index is 2.71. The number of aryl methyl sites for hydroxylation is 1. The first-order valence-corrected chi connectivity index (χ1v) is 6.42. The van der Waals surface area contributed by atoms with Crippen LogP contribution in [0.1, 0.15) is 36.8 Å². The molecule has 0 aliphatic rings. The molecule has 2 amide bonds. The number of carbonyl (C=O) groups is 2. The molecular weight excluding hydrogens is 266 g/mol. The highest BCUT2D eigenvalue weighted by Gasteiger charge is 2.18. The van der Waals surface area contributed by atoms with E-state index in [1.165, 1.54) is 6.20 Å². The van der Waals surface area contributed by atoms with Crippen LogP contribution in [-0.4, -0.2) is 28.9 Å². The summed E-state index contributed by atoms with van der Waals surface area (Å²) in [7, 11) is 0. The average molecular weight is 284 g/mol. The van der Waals surface area contributed by atoms with Gasteiger partial charge in [0.15, 0.2) is 0 Å². The third kappa shape index (κ3) is 4.52. The summed E-state index contributed by atoms with van der Waals surface area (Å²) in [5.74, 6) is -0.650. The van der Waals surface area contributed by atoms with Crippen molar-refractivity contribution in [2.24, 2.45) is 0 Å². The van der Waals surface area contributed by atoms with Crippen LogP contribution < -0.4 is 10.6 Å². The van der Waals surface area contributed by atoms with Crippen LogP contribution in [0.5, 0.6) is 0 Å². The van der Waals surface area contributed by atoms with Gasteiger partial charge in [-0.25, -0.2) is 0 Å². The monoisotopic (exact) mass is 283 g/mol. The summed E-state index contributed by atoms with van der Waals surface area (Å²) in [6, 6.07) is 0.999. The Bertz CT molecular complexity index is 489. The third-order valence-electron chi connectivity index (χ3n) is 2.41. The van der Waals surface area contributed by atoms with Crippen LogP contribution in [-0.2, 0) is 4.79 Å². The molecule has 5 nitrogen and oxygen atoms in total. The van der Waals surface area contributed by atoms with E-state index in [0.717, 1.165) is 5.69 Å². The van der Waals surface area contributed by atoms with E-state index in [9.17, 15) is 9.59 Å². The summed E-state index contributed by atoms with van der Waals surface area (Å²) < 4.78 is 0. The first kappa shape index (κ1) is 15.4. The molecule has 104 valence electrons. The number of aromatic nitrogens is 1. The Hall–Kier alpha value is -1.62. The van der Waals surface area contributed by atoms with E-state index in [2.05, 4.69) is 15.6 Å². The predicted octanol–water partition coefficient (Wildman–Crippen LogP) is 1.69. The molecule has 0 aliphatic carbocycles. The van der Waals surface area contributed by atoms with Crippen LogP contribution in [0.3, 0.4) is 0 Å². The maximum atomic E-state index is 12.0. The Morgan fingerprint density at radius 1 is 1.26 bits per heavy atom. The molecule has 0 bridgehead atoms. The molecule has 0 spiro atoms. The Morgan fingerprint density at radius 3 is 2.42 bits per heavy atom. The third-order valence-corrected chi connectivity index (χ3v) is 2.72. The van der Waals surface area contributed by atoms with E-state index < -0.39 is 11.9 Å². The standard InChI is InChI=1S/C13H18ClN3O2/c1-7(2)16-12(18)9(4)17-13(19)10-6-15-8(3)5-11(10)14/h5-7,9H,1-4H3,(H,16,18)(H,17,19). The molecule has 2 N–H and O–H groups in total. The summed E-state index contributed by atoms with van der Waals surface area (Å²) in [5, 5.41) is 5.63. The van der Waals surface area contributed by atoms with Crippen molar-refractivity contribution in [3.8, 4) is 0 Å². The van der Waals surface area contributed by atoms with E-state index in [0.29, 0.717) is 5.02 Å². The van der Waals surface area contributed by atoms with Crippen molar-refractivity contribution >= 4 is 23.4 Å². The fourth-order valence-corrected chi connectivity index (χ4v) is 1.74. The molecule has 1 aromatic heterocycles. The van der Waals surface area contributed by atoms with Crippen LogP contribution in [0.15, 0.2) is 12.3 Å². The molecule has 6 heteroatoms. The highest BCUT2D eigenvalue weighted by Crippen LogP contribution is 2.15. The molecule has 0 saturated heterocycles. The van der Waals surface area contributed by atoms with E-state index >= 15 is 0 Å². The molecule has 1 unspecified atom stereocenters. The molecule has 0 saturated carbocycles. The Morgan fingerprint density at radius 2 is 1.89 bits per heavy atom. The topological polar surface area (TPSA) is 71.1 Å². The number of halogens is 1. The maximum Gasteiger partial charge on any atom is 0.255 e. The smallest absolute Gasteiger partial charge is 0.255 e. The number of hydrogen-bond acceptors (Lipinski definition) is 3. The molecule has 0 fully saturated rings. The lowest BCUT2D eigenvalue weighted by Gasteiger charge is -2.16. The van der Waals surface area contributed by atoms with Gasteiger partial charge in [-0.3, -0.25) is 14.6 Å². The summed E-state index contributed by atoms with van der Waals surface area (Å²) in [6.07, 6.45) is 1.40. The number of rotatable bonds is 4. The summed E-state index contributed by atoms with van der Waals surface area (Å²) in [4.78, 5) is 27.7. The first-order chi connectivity index (χ1) is 8.81. The van der Waals surface area contributed by atoms with Crippen LogP contribution in [0.25, 0.3) is 0 Å². The number of carbonyl (C=O) groups excluding carboxylic acids is 2. The van der Waals surface area contributed by atoms with E-state index in [4.69, 9.17) is 11.6 Å². The van der Waals surface area contributed by atoms with Gasteiger partial charge in [0.05, 0.1) is 10.6 Å². The maximum absolute atomic E-state index is 12.0. The largest absolute Gasteiger partial charge is 0.352 e.